The van der Waals surface area contributed by atoms with Crippen molar-refractivity contribution in [3.63, 3.8) is 0 Å². The number of rotatable bonds is 6. The van der Waals surface area contributed by atoms with Gasteiger partial charge in [0, 0.05) is 16.7 Å². The molecule has 1 unspecified atom stereocenters. The van der Waals surface area contributed by atoms with E-state index < -0.39 is 0 Å². The average Bonchev–Trinajstić information content (AvgIpc) is 2.52. The Morgan fingerprint density at radius 2 is 1.90 bits per heavy atom. The molecule has 21 heavy (non-hydrogen) atoms. The summed E-state index contributed by atoms with van der Waals surface area (Å²) in [4.78, 5) is 1.18. The number of ether oxygens (including phenoxy) is 1. The molecular weight excluding hydrogens is 285 g/mol. The van der Waals surface area contributed by atoms with Gasteiger partial charge in [0.1, 0.15) is 0 Å². The highest BCUT2D eigenvalue weighted by molar-refractivity contribution is 7.98. The molecule has 2 nitrogen and oxygen atoms in total. The molecule has 4 heteroatoms. The van der Waals surface area contributed by atoms with Crippen molar-refractivity contribution in [2.45, 2.75) is 23.6 Å². The summed E-state index contributed by atoms with van der Waals surface area (Å²) in [6.07, 6.45) is 0. The molecule has 0 aliphatic carbocycles. The number of hydrogen-bond acceptors (Lipinski definition) is 3. The minimum Gasteiger partial charge on any atom is -0.494 e. The van der Waals surface area contributed by atoms with Gasteiger partial charge in [-0.1, -0.05) is 18.2 Å². The largest absolute Gasteiger partial charge is 0.494 e. The maximum Gasteiger partial charge on any atom is 0.165 e. The lowest BCUT2D eigenvalue weighted by Gasteiger charge is -2.11. The zero-order valence-corrected chi connectivity index (χ0v) is 13.3. The molecule has 0 aliphatic rings. The first-order valence-corrected chi connectivity index (χ1v) is 7.85. The van der Waals surface area contributed by atoms with E-state index in [9.17, 15) is 4.39 Å². The number of methoxy groups -OCH3 is 1. The number of benzene rings is 2. The normalized spacial score (nSPS) is 12.2. The number of halogens is 1. The lowest BCUT2D eigenvalue weighted by atomic mass is 10.1. The fourth-order valence-corrected chi connectivity index (χ4v) is 2.83. The van der Waals surface area contributed by atoms with E-state index in [4.69, 9.17) is 4.74 Å². The lowest BCUT2D eigenvalue weighted by molar-refractivity contribution is 0.386. The Morgan fingerprint density at radius 3 is 2.48 bits per heavy atom. The van der Waals surface area contributed by atoms with Crippen LogP contribution in [0.4, 0.5) is 4.39 Å². The highest BCUT2D eigenvalue weighted by atomic mass is 32.2. The van der Waals surface area contributed by atoms with Crippen molar-refractivity contribution in [1.29, 1.82) is 0 Å². The van der Waals surface area contributed by atoms with E-state index in [1.807, 2.05) is 13.1 Å². The van der Waals surface area contributed by atoms with Crippen molar-refractivity contribution in [3.05, 3.63) is 59.4 Å². The predicted octanol–water partition coefficient (Wildman–Crippen LogP) is 4.41. The Bertz CT molecular complexity index is 586. The lowest BCUT2D eigenvalue weighted by Crippen LogP contribution is -2.11. The van der Waals surface area contributed by atoms with Gasteiger partial charge in [-0.05, 0) is 49.4 Å². The van der Waals surface area contributed by atoms with Gasteiger partial charge < -0.3 is 10.1 Å². The van der Waals surface area contributed by atoms with E-state index >= 15 is 0 Å². The van der Waals surface area contributed by atoms with Crippen molar-refractivity contribution in [1.82, 2.24) is 5.32 Å². The summed E-state index contributed by atoms with van der Waals surface area (Å²) in [5, 5.41) is 3.22. The summed E-state index contributed by atoms with van der Waals surface area (Å²) in [7, 11) is 3.42. The minimum atomic E-state index is -0.311. The number of nitrogens with one attached hydrogen (secondary N) is 1. The maximum absolute atomic E-state index is 13.6. The SMILES string of the molecule is CNC(C)c1ccc(SCc2ccc(OC)c(F)c2)cc1. The van der Waals surface area contributed by atoms with Crippen molar-refractivity contribution in [2.75, 3.05) is 14.2 Å². The van der Waals surface area contributed by atoms with Gasteiger partial charge in [-0.15, -0.1) is 11.8 Å². The fourth-order valence-electron chi connectivity index (χ4n) is 1.99. The third kappa shape index (κ3) is 4.22. The van der Waals surface area contributed by atoms with Gasteiger partial charge in [0.2, 0.25) is 0 Å². The minimum absolute atomic E-state index is 0.286. The smallest absolute Gasteiger partial charge is 0.165 e. The van der Waals surface area contributed by atoms with Crippen molar-refractivity contribution >= 4 is 11.8 Å². The highest BCUT2D eigenvalue weighted by Gasteiger charge is 2.05. The standard InChI is InChI=1S/C17H20FNOS/c1-12(19-2)14-5-7-15(8-6-14)21-11-13-4-9-17(20-3)16(18)10-13/h4-10,12,19H,11H2,1-3H3. The number of hydrogen-bond donors (Lipinski definition) is 1. The Kier molecular flexibility index (Phi) is 5.65. The summed E-state index contributed by atoms with van der Waals surface area (Å²) in [6.45, 7) is 2.13. The summed E-state index contributed by atoms with van der Waals surface area (Å²) < 4.78 is 18.5. The van der Waals surface area contributed by atoms with Crippen molar-refractivity contribution in [3.8, 4) is 5.75 Å². The van der Waals surface area contributed by atoms with Gasteiger partial charge in [-0.25, -0.2) is 4.39 Å². The molecule has 2 aromatic rings. The first-order valence-electron chi connectivity index (χ1n) is 6.86. The van der Waals surface area contributed by atoms with Gasteiger partial charge in [-0.3, -0.25) is 0 Å². The van der Waals surface area contributed by atoms with Crippen LogP contribution in [0.2, 0.25) is 0 Å². The van der Waals surface area contributed by atoms with Gasteiger partial charge in [0.15, 0.2) is 11.6 Å². The summed E-state index contributed by atoms with van der Waals surface area (Å²) >= 11 is 1.70. The van der Waals surface area contributed by atoms with E-state index in [-0.39, 0.29) is 11.6 Å². The van der Waals surface area contributed by atoms with E-state index in [1.165, 1.54) is 23.6 Å². The maximum atomic E-state index is 13.6. The van der Waals surface area contributed by atoms with Crippen LogP contribution in [0.25, 0.3) is 0 Å². The zero-order valence-electron chi connectivity index (χ0n) is 12.5. The predicted molar refractivity (Wildman–Crippen MR) is 86.4 cm³/mol. The number of thioether (sulfide) groups is 1. The Labute approximate surface area is 129 Å². The van der Waals surface area contributed by atoms with Crippen LogP contribution in [-0.4, -0.2) is 14.2 Å². The fraction of sp³-hybridized carbons (Fsp3) is 0.294. The van der Waals surface area contributed by atoms with Crippen LogP contribution >= 0.6 is 11.8 Å². The van der Waals surface area contributed by atoms with Crippen LogP contribution in [0.5, 0.6) is 5.75 Å². The van der Waals surface area contributed by atoms with Gasteiger partial charge in [0.25, 0.3) is 0 Å². The molecule has 0 saturated heterocycles. The third-order valence-corrected chi connectivity index (χ3v) is 4.52. The third-order valence-electron chi connectivity index (χ3n) is 3.43. The zero-order chi connectivity index (χ0) is 15.2. The first-order chi connectivity index (χ1) is 10.1. The molecule has 0 aliphatic heterocycles. The van der Waals surface area contributed by atoms with Crippen molar-refractivity contribution < 1.29 is 9.13 Å². The Balaban J connectivity index is 1.98. The summed E-state index contributed by atoms with van der Waals surface area (Å²) in [5.41, 5.74) is 2.21. The molecule has 112 valence electrons. The molecule has 0 heterocycles. The second-order valence-corrected chi connectivity index (χ2v) is 5.89. The Morgan fingerprint density at radius 1 is 1.19 bits per heavy atom. The molecule has 2 rings (SSSR count). The molecule has 0 saturated carbocycles. The molecule has 2 aromatic carbocycles. The first kappa shape index (κ1) is 15.9. The van der Waals surface area contributed by atoms with E-state index in [1.54, 1.807) is 17.8 Å². The Hall–Kier alpha value is -1.52. The van der Waals surface area contributed by atoms with Crippen LogP contribution in [0, 0.1) is 5.82 Å². The molecule has 0 fully saturated rings. The van der Waals surface area contributed by atoms with E-state index in [0.29, 0.717) is 6.04 Å². The second kappa shape index (κ2) is 7.48. The van der Waals surface area contributed by atoms with Gasteiger partial charge in [0.05, 0.1) is 7.11 Å². The van der Waals surface area contributed by atoms with Crippen LogP contribution in [0.1, 0.15) is 24.1 Å². The van der Waals surface area contributed by atoms with E-state index in [0.717, 1.165) is 11.3 Å². The topological polar surface area (TPSA) is 21.3 Å². The molecule has 1 N–H and O–H groups in total. The summed E-state index contributed by atoms with van der Waals surface area (Å²) in [6, 6.07) is 13.9. The molecule has 0 aromatic heterocycles. The van der Waals surface area contributed by atoms with Crippen LogP contribution in [-0.2, 0) is 5.75 Å². The molecule has 0 spiro atoms. The highest BCUT2D eigenvalue weighted by Crippen LogP contribution is 2.26. The van der Waals surface area contributed by atoms with Gasteiger partial charge >= 0.3 is 0 Å². The van der Waals surface area contributed by atoms with Crippen LogP contribution in [0.15, 0.2) is 47.4 Å². The van der Waals surface area contributed by atoms with E-state index in [2.05, 4.69) is 36.5 Å². The van der Waals surface area contributed by atoms with Gasteiger partial charge in [-0.2, -0.15) is 0 Å². The summed E-state index contributed by atoms with van der Waals surface area (Å²) in [5.74, 6) is 0.713. The molecule has 0 amide bonds. The van der Waals surface area contributed by atoms with Crippen LogP contribution < -0.4 is 10.1 Å². The average molecular weight is 305 g/mol. The van der Waals surface area contributed by atoms with Crippen molar-refractivity contribution in [2.24, 2.45) is 0 Å². The molecule has 0 radical (unpaired) electrons. The monoisotopic (exact) mass is 305 g/mol. The molecule has 0 bridgehead atoms. The molecule has 1 atom stereocenters. The quantitative estimate of drug-likeness (QED) is 0.799. The van der Waals surface area contributed by atoms with Crippen LogP contribution in [0.3, 0.4) is 0 Å². The molecular formula is C17H20FNOS. The second-order valence-electron chi connectivity index (χ2n) is 4.84.